The summed E-state index contributed by atoms with van der Waals surface area (Å²) in [6, 6.07) is 51.2. The van der Waals surface area contributed by atoms with Gasteiger partial charge in [0.05, 0.1) is 5.48 Å². The van der Waals surface area contributed by atoms with E-state index in [1.807, 2.05) is 59.5 Å². The van der Waals surface area contributed by atoms with Gasteiger partial charge in [0.15, 0.2) is 0 Å². The van der Waals surface area contributed by atoms with Crippen LogP contribution in [0.15, 0.2) is 176 Å². The molecule has 0 saturated heterocycles. The summed E-state index contributed by atoms with van der Waals surface area (Å²) in [4.78, 5) is 1.95. The maximum atomic E-state index is 9.81. The van der Waals surface area contributed by atoms with Gasteiger partial charge in [-0.05, 0) is 102 Å². The summed E-state index contributed by atoms with van der Waals surface area (Å²) in [5.74, 6) is 0. The van der Waals surface area contributed by atoms with Crippen molar-refractivity contribution >= 4 is 38.6 Å². The average molecular weight is 618 g/mol. The van der Waals surface area contributed by atoms with Crippen LogP contribution in [-0.2, 0) is 5.41 Å². The number of anilines is 3. The van der Waals surface area contributed by atoms with E-state index in [0.29, 0.717) is 11.1 Å². The topological polar surface area (TPSA) is 3.24 Å². The van der Waals surface area contributed by atoms with Crippen LogP contribution in [0.3, 0.4) is 0 Å². The number of fused-ring (bicyclic) bond motifs is 5. The van der Waals surface area contributed by atoms with Gasteiger partial charge < -0.3 is 4.90 Å². The van der Waals surface area contributed by atoms with Gasteiger partial charge in [0.1, 0.15) is 0 Å². The van der Waals surface area contributed by atoms with Crippen molar-refractivity contribution in [2.45, 2.75) is 19.3 Å². The summed E-state index contributed by atoms with van der Waals surface area (Å²) in [6.07, 6.45) is 0. The molecule has 0 aromatic heterocycles. The third-order valence-corrected chi connectivity index (χ3v) is 9.95. The maximum absolute atomic E-state index is 9.81. The lowest BCUT2D eigenvalue weighted by molar-refractivity contribution is 0.660. The molecule has 0 heterocycles. The van der Waals surface area contributed by atoms with Gasteiger partial charge in [0.25, 0.3) is 0 Å². The molecule has 0 saturated carbocycles. The Morgan fingerprint density at radius 1 is 0.458 bits per heavy atom. The fraction of sp³-hybridized carbons (Fsp3) is 0.0638. The van der Waals surface area contributed by atoms with E-state index in [9.17, 15) is 2.74 Å². The monoisotopic (exact) mass is 617 g/mol. The van der Waals surface area contributed by atoms with Crippen molar-refractivity contribution in [3.8, 4) is 33.4 Å². The Labute approximate surface area is 288 Å². The molecule has 1 heteroatoms. The molecule has 8 aromatic carbocycles. The van der Waals surface area contributed by atoms with Crippen LogP contribution in [0.5, 0.6) is 0 Å². The molecule has 228 valence electrons. The van der Waals surface area contributed by atoms with E-state index < -0.39 is 0 Å². The minimum atomic E-state index is -0.265. The molecule has 0 aliphatic heterocycles. The van der Waals surface area contributed by atoms with E-state index in [0.717, 1.165) is 33.3 Å². The van der Waals surface area contributed by atoms with Crippen molar-refractivity contribution in [3.05, 3.63) is 187 Å². The van der Waals surface area contributed by atoms with Crippen LogP contribution in [0.1, 0.15) is 30.5 Å². The third kappa shape index (κ3) is 4.54. The summed E-state index contributed by atoms with van der Waals surface area (Å²) in [6.45, 7) is 4.48. The first-order chi connectivity index (χ1) is 25.2. The molecule has 0 N–H and O–H groups in total. The van der Waals surface area contributed by atoms with Gasteiger partial charge in [-0.2, -0.15) is 0 Å². The number of rotatable bonds is 5. The van der Waals surface area contributed by atoms with E-state index in [1.165, 1.54) is 33.0 Å². The van der Waals surface area contributed by atoms with Crippen molar-refractivity contribution in [2.24, 2.45) is 0 Å². The van der Waals surface area contributed by atoms with Crippen LogP contribution in [0.25, 0.3) is 54.9 Å². The van der Waals surface area contributed by atoms with Gasteiger partial charge in [-0.3, -0.25) is 0 Å². The second kappa shape index (κ2) is 11.1. The van der Waals surface area contributed by atoms with E-state index in [-0.39, 0.29) is 35.3 Å². The Morgan fingerprint density at radius 3 is 1.75 bits per heavy atom. The molecule has 8 aromatic rings. The number of hydrogen-bond donors (Lipinski definition) is 0. The fourth-order valence-electron chi connectivity index (χ4n) is 7.53. The van der Waals surface area contributed by atoms with Crippen molar-refractivity contribution < 1.29 is 5.48 Å². The van der Waals surface area contributed by atoms with E-state index in [2.05, 4.69) is 111 Å². The standard InChI is InChI=1S/C47H35N/c1-47(2)45-23-8-7-20-43(45)44-29-28-38(31-46(44)47)48(36-26-24-34(25-27-36)41-21-10-14-32-12-3-5-18-39(32)41)37-17-9-16-35(30-37)42-22-11-15-33-13-4-6-19-40(33)42/h3-31H,1-2H3/i9D,16D,17D,30D. The van der Waals surface area contributed by atoms with Crippen LogP contribution in [0.4, 0.5) is 17.1 Å². The van der Waals surface area contributed by atoms with Crippen molar-refractivity contribution in [1.29, 1.82) is 0 Å². The van der Waals surface area contributed by atoms with Crippen LogP contribution >= 0.6 is 0 Å². The van der Waals surface area contributed by atoms with Crippen LogP contribution in [0.2, 0.25) is 0 Å². The molecule has 48 heavy (non-hydrogen) atoms. The number of benzene rings is 8. The Hall–Kier alpha value is -5.92. The quantitative estimate of drug-likeness (QED) is 0.186. The van der Waals surface area contributed by atoms with Crippen LogP contribution in [-0.4, -0.2) is 0 Å². The van der Waals surface area contributed by atoms with E-state index >= 15 is 0 Å². The molecular weight excluding hydrogens is 579 g/mol. The fourth-order valence-corrected chi connectivity index (χ4v) is 7.53. The Kier molecular flexibility index (Phi) is 5.62. The highest BCUT2D eigenvalue weighted by atomic mass is 15.1. The summed E-state index contributed by atoms with van der Waals surface area (Å²) < 4.78 is 37.4. The van der Waals surface area contributed by atoms with Gasteiger partial charge in [-0.25, -0.2) is 0 Å². The zero-order valence-electron chi connectivity index (χ0n) is 30.9. The highest BCUT2D eigenvalue weighted by Gasteiger charge is 2.35. The lowest BCUT2D eigenvalue weighted by atomic mass is 9.82. The Bertz CT molecular complexity index is 2700. The number of nitrogens with zero attached hydrogens (tertiary/aromatic N) is 1. The molecular formula is C47H35N. The zero-order valence-corrected chi connectivity index (χ0v) is 26.9. The Morgan fingerprint density at radius 2 is 1.02 bits per heavy atom. The third-order valence-electron chi connectivity index (χ3n) is 9.95. The van der Waals surface area contributed by atoms with Crippen molar-refractivity contribution in [2.75, 3.05) is 4.90 Å². The second-order valence-corrected chi connectivity index (χ2v) is 13.1. The van der Waals surface area contributed by atoms with Gasteiger partial charge in [0, 0.05) is 22.5 Å². The first-order valence-electron chi connectivity index (χ1n) is 18.5. The molecule has 0 bridgehead atoms. The molecule has 1 aliphatic carbocycles. The minimum Gasteiger partial charge on any atom is -0.310 e. The van der Waals surface area contributed by atoms with Gasteiger partial charge >= 0.3 is 0 Å². The average Bonchev–Trinajstić information content (AvgIpc) is 3.41. The maximum Gasteiger partial charge on any atom is 0.0651 e. The molecule has 0 atom stereocenters. The van der Waals surface area contributed by atoms with Gasteiger partial charge in [-0.15, -0.1) is 0 Å². The predicted molar refractivity (Wildman–Crippen MR) is 205 cm³/mol. The summed E-state index contributed by atoms with van der Waals surface area (Å²) in [7, 11) is 0. The lowest BCUT2D eigenvalue weighted by Gasteiger charge is -2.28. The molecule has 0 amide bonds. The predicted octanol–water partition coefficient (Wildman–Crippen LogP) is 13.1. The molecule has 0 fully saturated rings. The normalized spacial score (nSPS) is 14.1. The Balaban J connectivity index is 1.29. The van der Waals surface area contributed by atoms with E-state index in [4.69, 9.17) is 2.74 Å². The summed E-state index contributed by atoms with van der Waals surface area (Å²) in [5.41, 5.74) is 9.62. The van der Waals surface area contributed by atoms with Crippen molar-refractivity contribution in [1.82, 2.24) is 0 Å². The smallest absolute Gasteiger partial charge is 0.0651 e. The molecule has 0 radical (unpaired) electrons. The SMILES string of the molecule is [2H]c1c([2H])c(-c2cccc3ccccc23)c([2H])c(N(c2ccc(-c3cccc4ccccc34)cc2)c2ccc3c(c2)C(C)(C)c2ccccc2-3)c1[2H]. The van der Waals surface area contributed by atoms with E-state index in [1.54, 1.807) is 0 Å². The van der Waals surface area contributed by atoms with Gasteiger partial charge in [-0.1, -0.05) is 153 Å². The minimum absolute atomic E-state index is 0.0449. The second-order valence-electron chi connectivity index (χ2n) is 13.1. The summed E-state index contributed by atoms with van der Waals surface area (Å²) in [5, 5.41) is 4.23. The molecule has 0 unspecified atom stereocenters. The zero-order chi connectivity index (χ0) is 35.7. The highest BCUT2D eigenvalue weighted by Crippen LogP contribution is 2.50. The molecule has 9 rings (SSSR count). The first kappa shape index (κ1) is 24.3. The van der Waals surface area contributed by atoms with Crippen molar-refractivity contribution in [3.63, 3.8) is 0 Å². The molecule has 1 aliphatic rings. The van der Waals surface area contributed by atoms with Crippen LogP contribution in [0, 0.1) is 0 Å². The summed E-state index contributed by atoms with van der Waals surface area (Å²) >= 11 is 0. The molecule has 1 nitrogen and oxygen atoms in total. The number of hydrogen-bond acceptors (Lipinski definition) is 1. The molecule has 0 spiro atoms. The largest absolute Gasteiger partial charge is 0.310 e. The lowest BCUT2D eigenvalue weighted by Crippen LogP contribution is -2.16. The van der Waals surface area contributed by atoms with Gasteiger partial charge in [0.2, 0.25) is 0 Å². The first-order valence-corrected chi connectivity index (χ1v) is 16.5. The van der Waals surface area contributed by atoms with Crippen LogP contribution < -0.4 is 4.90 Å². The highest BCUT2D eigenvalue weighted by molar-refractivity contribution is 5.99.